The minimum atomic E-state index is -1.04. The van der Waals surface area contributed by atoms with Crippen LogP contribution in [0, 0.1) is 5.92 Å². The Kier molecular flexibility index (Phi) is 5.08. The van der Waals surface area contributed by atoms with Gasteiger partial charge < -0.3 is 0 Å². The van der Waals surface area contributed by atoms with Gasteiger partial charge in [-0.05, 0) is 48.4 Å². The lowest BCUT2D eigenvalue weighted by Gasteiger charge is -2.20. The summed E-state index contributed by atoms with van der Waals surface area (Å²) >= 11 is 11.9. The molecule has 1 fully saturated rings. The highest BCUT2D eigenvalue weighted by Gasteiger charge is 2.35. The lowest BCUT2D eigenvalue weighted by Crippen LogP contribution is -2.56. The first-order chi connectivity index (χ1) is 13.9. The van der Waals surface area contributed by atoms with Crippen molar-refractivity contribution in [3.63, 3.8) is 0 Å². The predicted octanol–water partition coefficient (Wildman–Crippen LogP) is 3.37. The number of carbonyl (C=O) groups excluding carboxylic acids is 3. The molecule has 146 valence electrons. The van der Waals surface area contributed by atoms with Gasteiger partial charge in [-0.2, -0.15) is 5.10 Å². The van der Waals surface area contributed by atoms with E-state index in [-0.39, 0.29) is 6.42 Å². The molecule has 3 aromatic rings. The van der Waals surface area contributed by atoms with E-state index in [1.807, 2.05) is 24.3 Å². The van der Waals surface area contributed by atoms with Gasteiger partial charge in [0.1, 0.15) is 5.92 Å². The van der Waals surface area contributed by atoms with Gasteiger partial charge in [0.25, 0.3) is 0 Å². The standard InChI is InChI=1S/C20H14Cl2N4O3/c21-13-3-1-11(2-4-13)17-12(9-16-18(27)23-20(29)24-19(16)28)10-26(25-17)15-7-5-14(22)6-8-15/h1-8,10,16H,9H2,(H2,23,24,27,28,29). The van der Waals surface area contributed by atoms with Crippen molar-refractivity contribution in [1.29, 1.82) is 0 Å². The third kappa shape index (κ3) is 4.01. The summed E-state index contributed by atoms with van der Waals surface area (Å²) in [6, 6.07) is 13.4. The third-order valence-corrected chi connectivity index (χ3v) is 5.03. The normalized spacial score (nSPS) is 14.6. The zero-order chi connectivity index (χ0) is 20.5. The number of benzene rings is 2. The van der Waals surface area contributed by atoms with E-state index < -0.39 is 23.8 Å². The van der Waals surface area contributed by atoms with Crippen LogP contribution in [0.2, 0.25) is 10.0 Å². The van der Waals surface area contributed by atoms with E-state index in [2.05, 4.69) is 15.7 Å². The molecule has 0 saturated carbocycles. The summed E-state index contributed by atoms with van der Waals surface area (Å²) in [4.78, 5) is 35.7. The van der Waals surface area contributed by atoms with E-state index in [9.17, 15) is 14.4 Å². The molecule has 1 aliphatic rings. The number of amides is 4. The molecular weight excluding hydrogens is 415 g/mol. The molecule has 9 heteroatoms. The van der Waals surface area contributed by atoms with Crippen LogP contribution >= 0.6 is 23.2 Å². The number of nitrogens with one attached hydrogen (secondary N) is 2. The highest BCUT2D eigenvalue weighted by Crippen LogP contribution is 2.28. The van der Waals surface area contributed by atoms with Crippen LogP contribution in [-0.2, 0) is 16.0 Å². The van der Waals surface area contributed by atoms with E-state index in [0.717, 1.165) is 11.3 Å². The van der Waals surface area contributed by atoms with Gasteiger partial charge in [-0.3, -0.25) is 20.2 Å². The van der Waals surface area contributed by atoms with E-state index >= 15 is 0 Å². The number of imide groups is 2. The SMILES string of the molecule is O=C1NC(=O)C(Cc2cn(-c3ccc(Cl)cc3)nc2-c2ccc(Cl)cc2)C(=O)N1. The summed E-state index contributed by atoms with van der Waals surface area (Å²) < 4.78 is 1.65. The van der Waals surface area contributed by atoms with Crippen molar-refractivity contribution in [3.05, 3.63) is 70.3 Å². The Morgan fingerprint density at radius 3 is 2.00 bits per heavy atom. The van der Waals surface area contributed by atoms with Gasteiger partial charge in [0.2, 0.25) is 11.8 Å². The Balaban J connectivity index is 1.75. The van der Waals surface area contributed by atoms with Crippen molar-refractivity contribution in [2.24, 2.45) is 5.92 Å². The number of carbonyl (C=O) groups is 3. The van der Waals surface area contributed by atoms with Crippen LogP contribution in [0.4, 0.5) is 4.79 Å². The highest BCUT2D eigenvalue weighted by molar-refractivity contribution is 6.30. The first-order valence-electron chi connectivity index (χ1n) is 8.67. The van der Waals surface area contributed by atoms with E-state index in [1.165, 1.54) is 0 Å². The summed E-state index contributed by atoms with van der Waals surface area (Å²) in [6.07, 6.45) is 1.83. The molecule has 2 N–H and O–H groups in total. The highest BCUT2D eigenvalue weighted by atomic mass is 35.5. The maximum absolute atomic E-state index is 12.2. The second-order valence-electron chi connectivity index (χ2n) is 6.50. The minimum Gasteiger partial charge on any atom is -0.277 e. The molecule has 4 amide bonds. The largest absolute Gasteiger partial charge is 0.328 e. The fourth-order valence-electron chi connectivity index (χ4n) is 3.09. The molecule has 1 saturated heterocycles. The number of halogens is 2. The molecule has 0 atom stereocenters. The van der Waals surface area contributed by atoms with Crippen molar-refractivity contribution >= 4 is 41.0 Å². The van der Waals surface area contributed by atoms with Gasteiger partial charge in [-0.15, -0.1) is 0 Å². The molecule has 0 spiro atoms. The molecule has 0 unspecified atom stereocenters. The Labute approximate surface area is 175 Å². The number of hydrogen-bond acceptors (Lipinski definition) is 4. The Hall–Kier alpha value is -3.16. The van der Waals surface area contributed by atoms with Gasteiger partial charge >= 0.3 is 6.03 Å². The molecule has 0 radical (unpaired) electrons. The molecular formula is C20H14Cl2N4O3. The van der Waals surface area contributed by atoms with Crippen molar-refractivity contribution in [1.82, 2.24) is 20.4 Å². The monoisotopic (exact) mass is 428 g/mol. The van der Waals surface area contributed by atoms with Crippen LogP contribution in [0.25, 0.3) is 16.9 Å². The Morgan fingerprint density at radius 2 is 1.41 bits per heavy atom. The van der Waals surface area contributed by atoms with Gasteiger partial charge in [0.15, 0.2) is 0 Å². The fourth-order valence-corrected chi connectivity index (χ4v) is 3.34. The minimum absolute atomic E-state index is 0.0799. The zero-order valence-corrected chi connectivity index (χ0v) is 16.4. The predicted molar refractivity (Wildman–Crippen MR) is 108 cm³/mol. The summed E-state index contributed by atoms with van der Waals surface area (Å²) in [7, 11) is 0. The van der Waals surface area contributed by atoms with Crippen LogP contribution in [-0.4, -0.2) is 27.6 Å². The molecule has 1 aliphatic heterocycles. The maximum atomic E-state index is 12.2. The van der Waals surface area contributed by atoms with Crippen molar-refractivity contribution < 1.29 is 14.4 Å². The average Bonchev–Trinajstić information content (AvgIpc) is 3.10. The smallest absolute Gasteiger partial charge is 0.277 e. The molecule has 1 aromatic heterocycles. The lowest BCUT2D eigenvalue weighted by atomic mass is 9.95. The molecule has 0 bridgehead atoms. The molecule has 2 heterocycles. The zero-order valence-electron chi connectivity index (χ0n) is 14.9. The molecule has 29 heavy (non-hydrogen) atoms. The van der Waals surface area contributed by atoms with Crippen molar-refractivity contribution in [2.45, 2.75) is 6.42 Å². The van der Waals surface area contributed by atoms with Gasteiger partial charge in [-0.1, -0.05) is 35.3 Å². The Bertz CT molecular complexity index is 1090. The van der Waals surface area contributed by atoms with Crippen LogP contribution in [0.3, 0.4) is 0 Å². The third-order valence-electron chi connectivity index (χ3n) is 4.53. The molecule has 2 aromatic carbocycles. The first-order valence-corrected chi connectivity index (χ1v) is 9.42. The topological polar surface area (TPSA) is 93.1 Å². The summed E-state index contributed by atoms with van der Waals surface area (Å²) in [5.41, 5.74) is 2.83. The molecule has 7 nitrogen and oxygen atoms in total. The van der Waals surface area contributed by atoms with Crippen molar-refractivity contribution in [2.75, 3.05) is 0 Å². The lowest BCUT2D eigenvalue weighted by molar-refractivity contribution is -0.135. The van der Waals surface area contributed by atoms with Gasteiger partial charge in [0, 0.05) is 21.8 Å². The number of rotatable bonds is 4. The molecule has 4 rings (SSSR count). The van der Waals surface area contributed by atoms with Crippen LogP contribution in [0.1, 0.15) is 5.56 Å². The second kappa shape index (κ2) is 7.69. The quantitative estimate of drug-likeness (QED) is 0.622. The Morgan fingerprint density at radius 1 is 0.862 bits per heavy atom. The summed E-state index contributed by atoms with van der Waals surface area (Å²) in [5, 5.41) is 10.1. The summed E-state index contributed by atoms with van der Waals surface area (Å²) in [6.45, 7) is 0. The molecule has 0 aliphatic carbocycles. The van der Waals surface area contributed by atoms with Crippen molar-refractivity contribution in [3.8, 4) is 16.9 Å². The number of barbiturate groups is 1. The number of nitrogens with zero attached hydrogens (tertiary/aromatic N) is 2. The number of urea groups is 1. The average molecular weight is 429 g/mol. The van der Waals surface area contributed by atoms with E-state index in [1.54, 1.807) is 35.1 Å². The van der Waals surface area contributed by atoms with E-state index in [4.69, 9.17) is 23.2 Å². The summed E-state index contributed by atoms with van der Waals surface area (Å²) in [5.74, 6) is -2.32. The first kappa shape index (κ1) is 19.2. The van der Waals surface area contributed by atoms with Gasteiger partial charge in [-0.25, -0.2) is 9.48 Å². The van der Waals surface area contributed by atoms with Gasteiger partial charge in [0.05, 0.1) is 11.4 Å². The number of aromatic nitrogens is 2. The van der Waals surface area contributed by atoms with Crippen LogP contribution in [0.5, 0.6) is 0 Å². The van der Waals surface area contributed by atoms with Crippen LogP contribution in [0.15, 0.2) is 54.7 Å². The maximum Gasteiger partial charge on any atom is 0.328 e. The van der Waals surface area contributed by atoms with E-state index in [0.29, 0.717) is 21.3 Å². The number of hydrogen-bond donors (Lipinski definition) is 2. The fraction of sp³-hybridized carbons (Fsp3) is 0.100. The van der Waals surface area contributed by atoms with Crippen LogP contribution < -0.4 is 10.6 Å². The second-order valence-corrected chi connectivity index (χ2v) is 7.37.